The molecule has 8 heteroatoms. The number of nitrogens with two attached hydrogens (primary N) is 1. The predicted octanol–water partition coefficient (Wildman–Crippen LogP) is 4.80. The van der Waals surface area contributed by atoms with Crippen molar-refractivity contribution >= 4 is 15.9 Å². The molecule has 0 saturated heterocycles. The number of rotatable bonds is 11. The first kappa shape index (κ1) is 29.0. The molecular formula is C25H39FN2O4S. The number of carbonyl (C=O) groups excluding carboxylic acids is 1. The minimum Gasteiger partial charge on any atom is -0.368 e. The summed E-state index contributed by atoms with van der Waals surface area (Å²) in [5, 5.41) is -0.702. The minimum absolute atomic E-state index is 0.0809. The molecule has 0 aliphatic heterocycles. The largest absolute Gasteiger partial charge is 0.368 e. The maximum Gasteiger partial charge on any atom is 0.243 e. The molecule has 186 valence electrons. The SMILES string of the molecule is CC.CCCC(C)(OCC(N)=O)c1ccc(CN(C)S(=O)(=O)[C@H](C)C2=CCCC=C2)c(F)c1. The molecule has 1 aliphatic rings. The molecule has 0 aromatic heterocycles. The van der Waals surface area contributed by atoms with Gasteiger partial charge >= 0.3 is 0 Å². The van der Waals surface area contributed by atoms with Crippen LogP contribution in [0.3, 0.4) is 0 Å². The van der Waals surface area contributed by atoms with Crippen LogP contribution in [0.15, 0.2) is 42.0 Å². The van der Waals surface area contributed by atoms with E-state index >= 15 is 0 Å². The third-order valence-electron chi connectivity index (χ3n) is 5.69. The van der Waals surface area contributed by atoms with Gasteiger partial charge < -0.3 is 10.5 Å². The van der Waals surface area contributed by atoms with E-state index in [9.17, 15) is 17.6 Å². The Hall–Kier alpha value is -2.03. The second kappa shape index (κ2) is 13.0. The average molecular weight is 483 g/mol. The Morgan fingerprint density at radius 3 is 2.48 bits per heavy atom. The number of nitrogens with zero attached hydrogens (tertiary/aromatic N) is 1. The lowest BCUT2D eigenvalue weighted by atomic mass is 9.90. The summed E-state index contributed by atoms with van der Waals surface area (Å²) in [6.07, 6.45) is 8.81. The summed E-state index contributed by atoms with van der Waals surface area (Å²) in [4.78, 5) is 11.1. The quantitative estimate of drug-likeness (QED) is 0.491. The van der Waals surface area contributed by atoms with Gasteiger partial charge in [-0.05, 0) is 50.3 Å². The molecule has 2 N–H and O–H groups in total. The van der Waals surface area contributed by atoms with E-state index in [0.717, 1.165) is 24.8 Å². The van der Waals surface area contributed by atoms with E-state index in [1.165, 1.54) is 17.4 Å². The Bertz CT molecular complexity index is 959. The third-order valence-corrected chi connectivity index (χ3v) is 7.85. The van der Waals surface area contributed by atoms with Crippen LogP contribution >= 0.6 is 0 Å². The normalized spacial score (nSPS) is 16.4. The number of ether oxygens (including phenoxy) is 1. The van der Waals surface area contributed by atoms with Crippen molar-refractivity contribution in [2.45, 2.75) is 77.7 Å². The first-order chi connectivity index (χ1) is 15.5. The number of carbonyl (C=O) groups is 1. The van der Waals surface area contributed by atoms with Crippen LogP contribution in [-0.2, 0) is 31.7 Å². The van der Waals surface area contributed by atoms with E-state index < -0.39 is 32.6 Å². The number of allylic oxidation sites excluding steroid dienone is 3. The van der Waals surface area contributed by atoms with E-state index in [2.05, 4.69) is 0 Å². The second-order valence-corrected chi connectivity index (χ2v) is 10.5. The topological polar surface area (TPSA) is 89.7 Å². The maximum absolute atomic E-state index is 14.9. The molecule has 6 nitrogen and oxygen atoms in total. The summed E-state index contributed by atoms with van der Waals surface area (Å²) >= 11 is 0. The van der Waals surface area contributed by atoms with Crippen LogP contribution in [0, 0.1) is 5.82 Å². The van der Waals surface area contributed by atoms with Crippen LogP contribution in [-0.4, -0.2) is 37.5 Å². The number of hydrogen-bond donors (Lipinski definition) is 1. The van der Waals surface area contributed by atoms with Crippen LogP contribution in [0.5, 0.6) is 0 Å². The second-order valence-electron chi connectivity index (χ2n) is 8.17. The van der Waals surface area contributed by atoms with E-state index in [0.29, 0.717) is 12.0 Å². The summed E-state index contributed by atoms with van der Waals surface area (Å²) in [7, 11) is -2.19. The molecule has 2 atom stereocenters. The smallest absolute Gasteiger partial charge is 0.243 e. The zero-order chi connectivity index (χ0) is 25.2. The molecule has 33 heavy (non-hydrogen) atoms. The summed E-state index contributed by atoms with van der Waals surface area (Å²) in [5.41, 5.74) is 5.93. The number of hydrogen-bond acceptors (Lipinski definition) is 4. The number of halogens is 1. The van der Waals surface area contributed by atoms with Crippen molar-refractivity contribution in [1.29, 1.82) is 0 Å². The van der Waals surface area contributed by atoms with Gasteiger partial charge in [-0.25, -0.2) is 12.8 Å². The van der Waals surface area contributed by atoms with Crippen molar-refractivity contribution in [3.63, 3.8) is 0 Å². The number of amides is 1. The van der Waals surface area contributed by atoms with Crippen molar-refractivity contribution in [2.24, 2.45) is 5.73 Å². The standard InChI is InChI=1S/C23H33FN2O4S.C2H6/c1-5-13-23(3,30-16-22(25)27)20-12-11-19(21(24)14-20)15-26(4)31(28,29)17(2)18-9-7-6-8-10-18;1-2/h7,9-12,14,17H,5-6,8,13,15-16H2,1-4H3,(H2,25,27);1-2H3/t17-,23?;/m1./s1. The summed E-state index contributed by atoms with van der Waals surface area (Å²) in [5.74, 6) is -1.11. The van der Waals surface area contributed by atoms with Gasteiger partial charge in [0.15, 0.2) is 0 Å². The van der Waals surface area contributed by atoms with Crippen molar-refractivity contribution in [2.75, 3.05) is 13.7 Å². The zero-order valence-electron chi connectivity index (χ0n) is 20.7. The van der Waals surface area contributed by atoms with Gasteiger partial charge in [0, 0.05) is 19.2 Å². The lowest BCUT2D eigenvalue weighted by Gasteiger charge is -2.30. The van der Waals surface area contributed by atoms with E-state index in [-0.39, 0.29) is 18.7 Å². The molecule has 1 aliphatic carbocycles. The monoisotopic (exact) mass is 482 g/mol. The molecule has 0 saturated carbocycles. The van der Waals surface area contributed by atoms with Crippen LogP contribution in [0.4, 0.5) is 4.39 Å². The van der Waals surface area contributed by atoms with Crippen molar-refractivity contribution in [3.8, 4) is 0 Å². The highest BCUT2D eigenvalue weighted by Crippen LogP contribution is 2.32. The number of sulfonamides is 1. The van der Waals surface area contributed by atoms with Gasteiger partial charge in [0.1, 0.15) is 12.4 Å². The third kappa shape index (κ3) is 7.76. The van der Waals surface area contributed by atoms with Gasteiger partial charge in [-0.3, -0.25) is 4.79 Å². The fourth-order valence-electron chi connectivity index (χ4n) is 3.72. The Morgan fingerprint density at radius 1 is 1.30 bits per heavy atom. The Labute approximate surface area is 198 Å². The Balaban J connectivity index is 0.00000265. The maximum atomic E-state index is 14.9. The van der Waals surface area contributed by atoms with E-state index in [1.54, 1.807) is 26.0 Å². The Morgan fingerprint density at radius 2 is 1.97 bits per heavy atom. The van der Waals surface area contributed by atoms with Crippen molar-refractivity contribution in [3.05, 3.63) is 58.9 Å². The van der Waals surface area contributed by atoms with Gasteiger partial charge in [0.05, 0.1) is 10.9 Å². The van der Waals surface area contributed by atoms with Crippen LogP contribution < -0.4 is 5.73 Å². The zero-order valence-corrected chi connectivity index (χ0v) is 21.5. The molecule has 1 unspecified atom stereocenters. The van der Waals surface area contributed by atoms with Gasteiger partial charge in [-0.2, -0.15) is 4.31 Å². The molecule has 1 aromatic carbocycles. The highest BCUT2D eigenvalue weighted by molar-refractivity contribution is 7.89. The molecule has 2 rings (SSSR count). The summed E-state index contributed by atoms with van der Waals surface area (Å²) in [6.45, 7) is 9.07. The van der Waals surface area contributed by atoms with Gasteiger partial charge in [-0.1, -0.05) is 57.6 Å². The van der Waals surface area contributed by atoms with Gasteiger partial charge in [0.2, 0.25) is 15.9 Å². The fourth-order valence-corrected chi connectivity index (χ4v) is 5.10. The molecule has 0 bridgehead atoms. The van der Waals surface area contributed by atoms with Crippen molar-refractivity contribution in [1.82, 2.24) is 4.31 Å². The molecule has 1 amide bonds. The van der Waals surface area contributed by atoms with E-state index in [4.69, 9.17) is 10.5 Å². The lowest BCUT2D eigenvalue weighted by molar-refractivity contribution is -0.130. The summed E-state index contributed by atoms with van der Waals surface area (Å²) < 4.78 is 47.7. The molecule has 0 radical (unpaired) electrons. The van der Waals surface area contributed by atoms with Crippen LogP contribution in [0.25, 0.3) is 0 Å². The Kier molecular flexibility index (Phi) is 11.4. The number of benzene rings is 1. The first-order valence-corrected chi connectivity index (χ1v) is 13.0. The molecule has 0 heterocycles. The van der Waals surface area contributed by atoms with Crippen LogP contribution in [0.1, 0.15) is 71.4 Å². The molecule has 0 spiro atoms. The fraction of sp³-hybridized carbons (Fsp3) is 0.560. The first-order valence-electron chi connectivity index (χ1n) is 11.5. The highest BCUT2D eigenvalue weighted by atomic mass is 32.2. The predicted molar refractivity (Wildman–Crippen MR) is 131 cm³/mol. The van der Waals surface area contributed by atoms with Gasteiger partial charge in [-0.15, -0.1) is 0 Å². The molecular weight excluding hydrogens is 443 g/mol. The van der Waals surface area contributed by atoms with Crippen LogP contribution in [0.2, 0.25) is 0 Å². The highest BCUT2D eigenvalue weighted by Gasteiger charge is 2.31. The summed E-state index contributed by atoms with van der Waals surface area (Å²) in [6, 6.07) is 4.64. The minimum atomic E-state index is -3.65. The molecule has 0 fully saturated rings. The van der Waals surface area contributed by atoms with Gasteiger partial charge in [0.25, 0.3) is 0 Å². The lowest BCUT2D eigenvalue weighted by Crippen LogP contribution is -2.35. The molecule has 1 aromatic rings. The number of primary amides is 1. The average Bonchev–Trinajstić information content (AvgIpc) is 2.80. The van der Waals surface area contributed by atoms with E-state index in [1.807, 2.05) is 39.0 Å². The van der Waals surface area contributed by atoms with Crippen molar-refractivity contribution < 1.29 is 22.3 Å².